The molecule has 0 saturated carbocycles. The van der Waals surface area contributed by atoms with Gasteiger partial charge in [0.1, 0.15) is 0 Å². The lowest BCUT2D eigenvalue weighted by molar-refractivity contribution is 0.909. The fraction of sp³-hybridized carbons (Fsp3) is 0.400. The zero-order valence-electron chi connectivity index (χ0n) is 6.04. The number of hydrogen-bond acceptors (Lipinski definition) is 4. The average molecular weight is 376 g/mol. The molecule has 1 rings (SSSR count). The molecule has 0 N–H and O–H groups in total. The van der Waals surface area contributed by atoms with Crippen LogP contribution in [0.2, 0.25) is 0 Å². The molecule has 0 fully saturated rings. The quantitative estimate of drug-likeness (QED) is 0.690. The van der Waals surface area contributed by atoms with Crippen molar-refractivity contribution in [2.45, 2.75) is 0 Å². The van der Waals surface area contributed by atoms with Gasteiger partial charge < -0.3 is 4.90 Å². The highest BCUT2D eigenvalue weighted by atomic mass is 127. The Kier molecular flexibility index (Phi) is 3.22. The van der Waals surface area contributed by atoms with Gasteiger partial charge in [0, 0.05) is 59.3 Å². The third kappa shape index (κ3) is 2.65. The predicted molar refractivity (Wildman–Crippen MR) is 59.6 cm³/mol. The van der Waals surface area contributed by atoms with Crippen LogP contribution in [-0.2, 0) is 0 Å². The fourth-order valence-electron chi connectivity index (χ4n) is 0.516. The van der Waals surface area contributed by atoms with Gasteiger partial charge in [-0.3, -0.25) is 0 Å². The SMILES string of the molecule is CN(C)c1nc(I)nc(I)n1. The first kappa shape index (κ1) is 9.36. The van der Waals surface area contributed by atoms with Crippen molar-refractivity contribution in [3.8, 4) is 0 Å². The van der Waals surface area contributed by atoms with Gasteiger partial charge in [-0.25, -0.2) is 0 Å². The average Bonchev–Trinajstić information content (AvgIpc) is 1.85. The second-order valence-corrected chi connectivity index (χ2v) is 4.00. The van der Waals surface area contributed by atoms with Crippen molar-refractivity contribution in [1.29, 1.82) is 0 Å². The van der Waals surface area contributed by atoms with E-state index in [0.29, 0.717) is 5.95 Å². The molecule has 0 aliphatic carbocycles. The highest BCUT2D eigenvalue weighted by Crippen LogP contribution is 2.07. The topological polar surface area (TPSA) is 41.9 Å². The van der Waals surface area contributed by atoms with E-state index >= 15 is 0 Å². The van der Waals surface area contributed by atoms with Crippen molar-refractivity contribution in [2.75, 3.05) is 19.0 Å². The van der Waals surface area contributed by atoms with Crippen molar-refractivity contribution in [2.24, 2.45) is 0 Å². The van der Waals surface area contributed by atoms with Gasteiger partial charge in [0.2, 0.25) is 5.95 Å². The summed E-state index contributed by atoms with van der Waals surface area (Å²) in [7, 11) is 3.81. The number of nitrogens with zero attached hydrogens (tertiary/aromatic N) is 4. The van der Waals surface area contributed by atoms with E-state index in [4.69, 9.17) is 0 Å². The molecule has 0 aromatic carbocycles. The van der Waals surface area contributed by atoms with E-state index in [-0.39, 0.29) is 0 Å². The summed E-state index contributed by atoms with van der Waals surface area (Å²) in [6.45, 7) is 0. The van der Waals surface area contributed by atoms with Gasteiger partial charge in [-0.05, 0) is 0 Å². The first-order valence-electron chi connectivity index (χ1n) is 2.84. The summed E-state index contributed by atoms with van der Waals surface area (Å²) in [5, 5.41) is 0. The van der Waals surface area contributed by atoms with Crippen LogP contribution < -0.4 is 4.90 Å². The molecule has 1 heterocycles. The Balaban J connectivity index is 3.08. The molecule has 0 saturated heterocycles. The monoisotopic (exact) mass is 376 g/mol. The lowest BCUT2D eigenvalue weighted by Gasteiger charge is -2.08. The molecule has 0 radical (unpaired) electrons. The molecule has 0 aliphatic heterocycles. The molecule has 0 amide bonds. The molecule has 4 nitrogen and oxygen atoms in total. The van der Waals surface area contributed by atoms with Crippen LogP contribution in [-0.4, -0.2) is 29.0 Å². The molecule has 0 atom stereocenters. The lowest BCUT2D eigenvalue weighted by atomic mass is 10.8. The van der Waals surface area contributed by atoms with Gasteiger partial charge in [-0.15, -0.1) is 0 Å². The molecule has 0 unspecified atom stereocenters. The maximum absolute atomic E-state index is 4.12. The van der Waals surface area contributed by atoms with Crippen LogP contribution in [0.5, 0.6) is 0 Å². The van der Waals surface area contributed by atoms with Gasteiger partial charge in [-0.1, -0.05) is 0 Å². The minimum absolute atomic E-state index is 0.703. The van der Waals surface area contributed by atoms with Gasteiger partial charge >= 0.3 is 0 Å². The summed E-state index contributed by atoms with van der Waals surface area (Å²) in [4.78, 5) is 14.1. The lowest BCUT2D eigenvalue weighted by Crippen LogP contribution is -2.14. The molecular weight excluding hydrogens is 370 g/mol. The van der Waals surface area contributed by atoms with Crippen LogP contribution >= 0.6 is 45.2 Å². The largest absolute Gasteiger partial charge is 0.347 e. The van der Waals surface area contributed by atoms with E-state index in [9.17, 15) is 0 Å². The molecule has 0 aliphatic rings. The smallest absolute Gasteiger partial charge is 0.229 e. The van der Waals surface area contributed by atoms with E-state index in [0.717, 1.165) is 7.66 Å². The first-order valence-corrected chi connectivity index (χ1v) is 5.00. The minimum atomic E-state index is 0.703. The number of halogens is 2. The zero-order valence-corrected chi connectivity index (χ0v) is 10.4. The third-order valence-corrected chi connectivity index (χ3v) is 1.93. The number of rotatable bonds is 1. The summed E-state index contributed by atoms with van der Waals surface area (Å²) >= 11 is 4.14. The van der Waals surface area contributed by atoms with Gasteiger partial charge in [-0.2, -0.15) is 15.0 Å². The second kappa shape index (κ2) is 3.78. The maximum Gasteiger partial charge on any atom is 0.229 e. The number of hydrogen-bond donors (Lipinski definition) is 0. The van der Waals surface area contributed by atoms with E-state index in [2.05, 4.69) is 60.1 Å². The van der Waals surface area contributed by atoms with Crippen LogP contribution in [0.3, 0.4) is 0 Å². The normalized spacial score (nSPS) is 9.82. The van der Waals surface area contributed by atoms with Crippen LogP contribution in [0.4, 0.5) is 5.95 Å². The Labute approximate surface area is 92.1 Å². The Morgan fingerprint density at radius 1 is 1.00 bits per heavy atom. The highest BCUT2D eigenvalue weighted by Gasteiger charge is 2.02. The van der Waals surface area contributed by atoms with Gasteiger partial charge in [0.25, 0.3) is 0 Å². The molecule has 0 spiro atoms. The standard InChI is InChI=1S/C5H6I2N4/c1-11(2)5-9-3(6)8-4(7)10-5/h1-2H3. The van der Waals surface area contributed by atoms with E-state index < -0.39 is 0 Å². The highest BCUT2D eigenvalue weighted by molar-refractivity contribution is 14.1. The zero-order chi connectivity index (χ0) is 8.43. The summed E-state index contributed by atoms with van der Waals surface area (Å²) in [6, 6.07) is 0. The Morgan fingerprint density at radius 2 is 1.45 bits per heavy atom. The van der Waals surface area contributed by atoms with Crippen LogP contribution in [0, 0.1) is 7.66 Å². The molecule has 60 valence electrons. The Bertz CT molecular complexity index is 242. The minimum Gasteiger partial charge on any atom is -0.347 e. The van der Waals surface area contributed by atoms with E-state index in [1.165, 1.54) is 0 Å². The van der Waals surface area contributed by atoms with Crippen LogP contribution in [0.1, 0.15) is 0 Å². The van der Waals surface area contributed by atoms with Crippen LogP contribution in [0.25, 0.3) is 0 Å². The molecule has 1 aromatic heterocycles. The van der Waals surface area contributed by atoms with Crippen molar-refractivity contribution < 1.29 is 0 Å². The van der Waals surface area contributed by atoms with Crippen molar-refractivity contribution >= 4 is 51.1 Å². The fourth-order valence-corrected chi connectivity index (χ4v) is 1.87. The van der Waals surface area contributed by atoms with Crippen molar-refractivity contribution in [1.82, 2.24) is 15.0 Å². The Hall–Kier alpha value is 0.270. The first-order chi connectivity index (χ1) is 5.09. The molecule has 11 heavy (non-hydrogen) atoms. The van der Waals surface area contributed by atoms with E-state index in [1.54, 1.807) is 0 Å². The molecular formula is C5H6I2N4. The van der Waals surface area contributed by atoms with Crippen LogP contribution in [0.15, 0.2) is 0 Å². The molecule has 6 heteroatoms. The molecule has 1 aromatic rings. The van der Waals surface area contributed by atoms with E-state index in [1.807, 2.05) is 19.0 Å². The maximum atomic E-state index is 4.12. The van der Waals surface area contributed by atoms with Gasteiger partial charge in [0.05, 0.1) is 0 Å². The number of anilines is 1. The summed E-state index contributed by atoms with van der Waals surface area (Å²) in [5.74, 6) is 0.703. The summed E-state index contributed by atoms with van der Waals surface area (Å²) < 4.78 is 1.46. The van der Waals surface area contributed by atoms with Crippen molar-refractivity contribution in [3.05, 3.63) is 7.66 Å². The van der Waals surface area contributed by atoms with Gasteiger partial charge in [0.15, 0.2) is 7.66 Å². The predicted octanol–water partition coefficient (Wildman–Crippen LogP) is 1.15. The van der Waals surface area contributed by atoms with Crippen molar-refractivity contribution in [3.63, 3.8) is 0 Å². The Morgan fingerprint density at radius 3 is 1.82 bits per heavy atom. The number of aromatic nitrogens is 3. The summed E-state index contributed by atoms with van der Waals surface area (Å²) in [5.41, 5.74) is 0. The third-order valence-electron chi connectivity index (χ3n) is 0.969. The summed E-state index contributed by atoms with van der Waals surface area (Å²) in [6.07, 6.45) is 0. The molecule has 0 bridgehead atoms. The second-order valence-electron chi connectivity index (χ2n) is 2.07.